The first kappa shape index (κ1) is 9.04. The van der Waals surface area contributed by atoms with E-state index in [2.05, 4.69) is 24.4 Å². The van der Waals surface area contributed by atoms with Crippen molar-refractivity contribution in [3.63, 3.8) is 0 Å². The molecular formula is C11H14ClN. The summed E-state index contributed by atoms with van der Waals surface area (Å²) in [6.07, 6.45) is 1.22. The van der Waals surface area contributed by atoms with Gasteiger partial charge in [-0.05, 0) is 36.6 Å². The number of hydrogen-bond donors (Lipinski definition) is 1. The minimum atomic E-state index is 0.508. The van der Waals surface area contributed by atoms with Crippen molar-refractivity contribution in [2.24, 2.45) is 5.92 Å². The Morgan fingerprint density at radius 2 is 2.31 bits per heavy atom. The van der Waals surface area contributed by atoms with E-state index in [0.717, 1.165) is 17.5 Å². The maximum atomic E-state index is 5.93. The van der Waals surface area contributed by atoms with Crippen LogP contribution in [0, 0.1) is 5.92 Å². The fourth-order valence-corrected chi connectivity index (χ4v) is 2.09. The third-order valence-electron chi connectivity index (χ3n) is 2.60. The third-order valence-corrected chi connectivity index (χ3v) is 2.84. The number of hydrogen-bond acceptors (Lipinski definition) is 1. The van der Waals surface area contributed by atoms with Crippen molar-refractivity contribution in [3.05, 3.63) is 34.9 Å². The van der Waals surface area contributed by atoms with Crippen LogP contribution in [0.1, 0.15) is 24.9 Å². The molecule has 0 spiro atoms. The van der Waals surface area contributed by atoms with Gasteiger partial charge in [0.05, 0.1) is 0 Å². The molecule has 1 aromatic carbocycles. The molecule has 1 heterocycles. The van der Waals surface area contributed by atoms with Gasteiger partial charge >= 0.3 is 0 Å². The number of benzene rings is 1. The molecule has 13 heavy (non-hydrogen) atoms. The number of halogens is 1. The zero-order valence-electron chi connectivity index (χ0n) is 7.76. The van der Waals surface area contributed by atoms with E-state index in [-0.39, 0.29) is 0 Å². The Bertz CT molecular complexity index is 298. The Morgan fingerprint density at radius 3 is 2.92 bits per heavy atom. The van der Waals surface area contributed by atoms with Gasteiger partial charge in [-0.15, -0.1) is 0 Å². The van der Waals surface area contributed by atoms with E-state index >= 15 is 0 Å². The molecule has 0 aliphatic carbocycles. The van der Waals surface area contributed by atoms with Crippen LogP contribution in [-0.4, -0.2) is 6.54 Å². The summed E-state index contributed by atoms with van der Waals surface area (Å²) in [6.45, 7) is 3.40. The molecule has 70 valence electrons. The van der Waals surface area contributed by atoms with Crippen LogP contribution in [0.5, 0.6) is 0 Å². The van der Waals surface area contributed by atoms with Crippen molar-refractivity contribution < 1.29 is 0 Å². The Balaban J connectivity index is 2.16. The Kier molecular flexibility index (Phi) is 2.56. The molecule has 1 fully saturated rings. The van der Waals surface area contributed by atoms with Gasteiger partial charge in [0.1, 0.15) is 0 Å². The third kappa shape index (κ3) is 2.04. The van der Waals surface area contributed by atoms with Crippen molar-refractivity contribution in [1.29, 1.82) is 0 Å². The molecule has 0 saturated carbocycles. The normalized spacial score (nSPS) is 27.8. The quantitative estimate of drug-likeness (QED) is 0.727. The van der Waals surface area contributed by atoms with Crippen LogP contribution in [0.2, 0.25) is 5.02 Å². The van der Waals surface area contributed by atoms with E-state index in [4.69, 9.17) is 11.6 Å². The maximum absolute atomic E-state index is 5.93. The van der Waals surface area contributed by atoms with Gasteiger partial charge in [-0.1, -0.05) is 30.7 Å². The first-order chi connectivity index (χ1) is 6.25. The van der Waals surface area contributed by atoms with Crippen LogP contribution < -0.4 is 5.32 Å². The smallest absolute Gasteiger partial charge is 0.0409 e. The predicted octanol–water partition coefficient (Wildman–Crippen LogP) is 3.01. The molecule has 1 aliphatic heterocycles. The monoisotopic (exact) mass is 195 g/mol. The standard InChI is InChI=1S/C11H14ClN/c1-8-5-11(13-7-8)9-3-2-4-10(12)6-9/h2-4,6,8,11,13H,5,7H2,1H3/t8-,11-/m1/s1. The molecule has 0 unspecified atom stereocenters. The van der Waals surface area contributed by atoms with Gasteiger partial charge in [-0.25, -0.2) is 0 Å². The Labute approximate surface area is 84.1 Å². The van der Waals surface area contributed by atoms with Crippen LogP contribution in [0.4, 0.5) is 0 Å². The van der Waals surface area contributed by atoms with Crippen LogP contribution in [0.3, 0.4) is 0 Å². The van der Waals surface area contributed by atoms with Gasteiger partial charge in [0.15, 0.2) is 0 Å². The van der Waals surface area contributed by atoms with Gasteiger partial charge in [0.2, 0.25) is 0 Å². The fraction of sp³-hybridized carbons (Fsp3) is 0.455. The second-order valence-electron chi connectivity index (χ2n) is 3.86. The molecule has 0 bridgehead atoms. The summed E-state index contributed by atoms with van der Waals surface area (Å²) in [4.78, 5) is 0. The van der Waals surface area contributed by atoms with E-state index in [1.807, 2.05) is 12.1 Å². The molecule has 2 heteroatoms. The average molecular weight is 196 g/mol. The van der Waals surface area contributed by atoms with Crippen molar-refractivity contribution in [2.75, 3.05) is 6.54 Å². The lowest BCUT2D eigenvalue weighted by Crippen LogP contribution is -2.13. The van der Waals surface area contributed by atoms with Gasteiger partial charge in [0.25, 0.3) is 0 Å². The minimum absolute atomic E-state index is 0.508. The van der Waals surface area contributed by atoms with Gasteiger partial charge in [-0.3, -0.25) is 0 Å². The van der Waals surface area contributed by atoms with Crippen molar-refractivity contribution in [3.8, 4) is 0 Å². The minimum Gasteiger partial charge on any atom is -0.310 e. The molecule has 2 atom stereocenters. The topological polar surface area (TPSA) is 12.0 Å². The Morgan fingerprint density at radius 1 is 1.46 bits per heavy atom. The van der Waals surface area contributed by atoms with Crippen LogP contribution >= 0.6 is 11.6 Å². The summed E-state index contributed by atoms with van der Waals surface area (Å²) in [5.74, 6) is 0.781. The summed E-state index contributed by atoms with van der Waals surface area (Å²) in [5.41, 5.74) is 1.32. The zero-order valence-corrected chi connectivity index (χ0v) is 8.51. The highest BCUT2D eigenvalue weighted by atomic mass is 35.5. The number of rotatable bonds is 1. The summed E-state index contributed by atoms with van der Waals surface area (Å²) in [6, 6.07) is 8.64. The predicted molar refractivity (Wildman–Crippen MR) is 56.0 cm³/mol. The molecule has 1 saturated heterocycles. The van der Waals surface area contributed by atoms with Crippen LogP contribution in [0.15, 0.2) is 24.3 Å². The SMILES string of the molecule is C[C@H]1CN[C@@H](c2cccc(Cl)c2)C1. The molecule has 0 aromatic heterocycles. The molecule has 1 aliphatic rings. The van der Waals surface area contributed by atoms with Crippen LogP contribution in [0.25, 0.3) is 0 Å². The van der Waals surface area contributed by atoms with Gasteiger partial charge in [-0.2, -0.15) is 0 Å². The van der Waals surface area contributed by atoms with E-state index < -0.39 is 0 Å². The lowest BCUT2D eigenvalue weighted by Gasteiger charge is -2.10. The summed E-state index contributed by atoms with van der Waals surface area (Å²) in [7, 11) is 0. The molecule has 0 amide bonds. The van der Waals surface area contributed by atoms with E-state index in [1.54, 1.807) is 0 Å². The summed E-state index contributed by atoms with van der Waals surface area (Å²) >= 11 is 5.93. The highest BCUT2D eigenvalue weighted by Gasteiger charge is 2.21. The second kappa shape index (κ2) is 3.69. The lowest BCUT2D eigenvalue weighted by atomic mass is 10.0. The van der Waals surface area contributed by atoms with E-state index in [1.165, 1.54) is 12.0 Å². The first-order valence-electron chi connectivity index (χ1n) is 4.74. The molecule has 1 aromatic rings. The lowest BCUT2D eigenvalue weighted by molar-refractivity contribution is 0.612. The van der Waals surface area contributed by atoms with Gasteiger partial charge in [0, 0.05) is 11.1 Å². The largest absolute Gasteiger partial charge is 0.310 e. The van der Waals surface area contributed by atoms with Gasteiger partial charge < -0.3 is 5.32 Å². The van der Waals surface area contributed by atoms with Crippen molar-refractivity contribution >= 4 is 11.6 Å². The molecule has 0 radical (unpaired) electrons. The van der Waals surface area contributed by atoms with Crippen molar-refractivity contribution in [2.45, 2.75) is 19.4 Å². The summed E-state index contributed by atoms with van der Waals surface area (Å²) in [5, 5.41) is 4.32. The van der Waals surface area contributed by atoms with Crippen molar-refractivity contribution in [1.82, 2.24) is 5.32 Å². The fourth-order valence-electron chi connectivity index (χ4n) is 1.89. The van der Waals surface area contributed by atoms with E-state index in [0.29, 0.717) is 6.04 Å². The number of nitrogens with one attached hydrogen (secondary N) is 1. The van der Waals surface area contributed by atoms with E-state index in [9.17, 15) is 0 Å². The maximum Gasteiger partial charge on any atom is 0.0409 e. The molecule has 1 N–H and O–H groups in total. The average Bonchev–Trinajstić information content (AvgIpc) is 2.52. The first-order valence-corrected chi connectivity index (χ1v) is 5.12. The highest BCUT2D eigenvalue weighted by molar-refractivity contribution is 6.30. The zero-order chi connectivity index (χ0) is 9.26. The molecule has 2 rings (SSSR count). The van der Waals surface area contributed by atoms with Crippen LogP contribution in [-0.2, 0) is 0 Å². The summed E-state index contributed by atoms with van der Waals surface area (Å²) < 4.78 is 0. The molecule has 1 nitrogen and oxygen atoms in total. The Hall–Kier alpha value is -0.530. The highest BCUT2D eigenvalue weighted by Crippen LogP contribution is 2.27. The molecular weight excluding hydrogens is 182 g/mol. The second-order valence-corrected chi connectivity index (χ2v) is 4.29.